The van der Waals surface area contributed by atoms with Gasteiger partial charge >= 0.3 is 17.9 Å². The first kappa shape index (κ1) is 35.0. The average Bonchev–Trinajstić information content (AvgIpc) is 2.52. The molecule has 0 aliphatic rings. The van der Waals surface area contributed by atoms with Crippen LogP contribution in [0.5, 0.6) is 0 Å². The summed E-state index contributed by atoms with van der Waals surface area (Å²) >= 11 is 15.3. The Kier molecular flexibility index (Phi) is 33.1. The van der Waals surface area contributed by atoms with Crippen LogP contribution >= 0.6 is 59.6 Å². The van der Waals surface area contributed by atoms with Crippen LogP contribution in [0.25, 0.3) is 0 Å². The maximum Gasteiger partial charge on any atom is 0.323 e. The predicted molar refractivity (Wildman–Crippen MR) is 97.9 cm³/mol. The van der Waals surface area contributed by atoms with Gasteiger partial charge in [-0.25, -0.2) is 0 Å². The summed E-state index contributed by atoms with van der Waals surface area (Å²) in [5, 5.41) is 15.9. The lowest BCUT2D eigenvalue weighted by Gasteiger charge is -2.01. The molecule has 0 rings (SSSR count). The van der Waals surface area contributed by atoms with Crippen molar-refractivity contribution in [2.24, 2.45) is 17.2 Å². The Labute approximate surface area is 166 Å². The SMILES string of the molecule is COC(=O)[C@@H](N)CCl.Cl.Cl.N[C@@H](CCl)C(=O)O.N[C@@H](CCl)C(=O)O. The summed E-state index contributed by atoms with van der Waals surface area (Å²) in [6.45, 7) is 0. The number of carbonyl (C=O) groups excluding carboxylic acids is 1. The molecule has 0 aromatic heterocycles. The van der Waals surface area contributed by atoms with Crippen molar-refractivity contribution in [2.75, 3.05) is 24.7 Å². The third-order valence-electron chi connectivity index (χ3n) is 1.64. The Bertz CT molecular complexity index is 320. The minimum atomic E-state index is -1.06. The number of rotatable bonds is 6. The molecule has 0 amide bonds. The second kappa shape index (κ2) is 22.7. The fourth-order valence-electron chi connectivity index (χ4n) is 0.346. The van der Waals surface area contributed by atoms with Gasteiger partial charge in [-0.3, -0.25) is 14.4 Å². The minimum Gasteiger partial charge on any atom is -0.480 e. The lowest BCUT2D eigenvalue weighted by molar-refractivity contribution is -0.141. The van der Waals surface area contributed by atoms with E-state index in [1.807, 2.05) is 0 Å². The van der Waals surface area contributed by atoms with Crippen molar-refractivity contribution in [3.8, 4) is 0 Å². The van der Waals surface area contributed by atoms with E-state index in [1.165, 1.54) is 7.11 Å². The van der Waals surface area contributed by atoms with Crippen molar-refractivity contribution < 1.29 is 29.3 Å². The zero-order chi connectivity index (χ0) is 18.3. The quantitative estimate of drug-likeness (QED) is 0.268. The highest BCUT2D eigenvalue weighted by molar-refractivity contribution is 6.20. The van der Waals surface area contributed by atoms with Gasteiger partial charge in [0.1, 0.15) is 18.1 Å². The number of hydrogen-bond donors (Lipinski definition) is 5. The van der Waals surface area contributed by atoms with Gasteiger partial charge in [-0.2, -0.15) is 0 Å². The van der Waals surface area contributed by atoms with E-state index in [4.69, 9.17) is 62.2 Å². The van der Waals surface area contributed by atoms with Gasteiger partial charge < -0.3 is 32.2 Å². The van der Waals surface area contributed by atoms with Crippen LogP contribution in [0.4, 0.5) is 0 Å². The van der Waals surface area contributed by atoms with Crippen LogP contribution in [0.1, 0.15) is 0 Å². The summed E-state index contributed by atoms with van der Waals surface area (Å²) in [6, 6.07) is -2.51. The molecule has 8 N–H and O–H groups in total. The molecule has 24 heavy (non-hydrogen) atoms. The predicted octanol–water partition coefficient (Wildman–Crippen LogP) is -0.157. The Balaban J connectivity index is -0.0000000724. The smallest absolute Gasteiger partial charge is 0.323 e. The monoisotopic (exact) mass is 455 g/mol. The van der Waals surface area contributed by atoms with Gasteiger partial charge in [0.2, 0.25) is 0 Å². The van der Waals surface area contributed by atoms with Crippen LogP contribution in [0.3, 0.4) is 0 Å². The minimum absolute atomic E-state index is 0. The van der Waals surface area contributed by atoms with Gasteiger partial charge in [0.05, 0.1) is 7.11 Å². The molecular weight excluding hydrogens is 435 g/mol. The van der Waals surface area contributed by atoms with Gasteiger partial charge in [0.25, 0.3) is 0 Å². The molecule has 0 aliphatic heterocycles. The normalized spacial score (nSPS) is 12.1. The van der Waals surface area contributed by atoms with Crippen molar-refractivity contribution in [3.63, 3.8) is 0 Å². The Morgan fingerprint density at radius 2 is 1.08 bits per heavy atom. The molecule has 0 heterocycles. The molecular formula is C10H22Cl5N3O6. The largest absolute Gasteiger partial charge is 0.480 e. The highest BCUT2D eigenvalue weighted by atomic mass is 35.5. The molecule has 148 valence electrons. The van der Waals surface area contributed by atoms with Crippen LogP contribution in [0.15, 0.2) is 0 Å². The lowest BCUT2D eigenvalue weighted by atomic mass is 10.4. The van der Waals surface area contributed by atoms with Crippen molar-refractivity contribution in [1.29, 1.82) is 0 Å². The van der Waals surface area contributed by atoms with E-state index in [9.17, 15) is 14.4 Å². The fourth-order valence-corrected chi connectivity index (χ4v) is 0.736. The fraction of sp³-hybridized carbons (Fsp3) is 0.700. The molecule has 0 spiro atoms. The highest BCUT2D eigenvalue weighted by Crippen LogP contribution is 1.85. The third-order valence-corrected chi connectivity index (χ3v) is 2.63. The molecule has 0 aliphatic carbocycles. The van der Waals surface area contributed by atoms with E-state index in [1.54, 1.807) is 0 Å². The topological polar surface area (TPSA) is 179 Å². The van der Waals surface area contributed by atoms with Gasteiger partial charge in [0, 0.05) is 17.6 Å². The van der Waals surface area contributed by atoms with E-state index >= 15 is 0 Å². The molecule has 0 radical (unpaired) electrons. The maximum absolute atomic E-state index is 10.3. The third kappa shape index (κ3) is 24.0. The molecule has 0 saturated carbocycles. The average molecular weight is 458 g/mol. The lowest BCUT2D eigenvalue weighted by Crippen LogP contribution is -2.32. The Morgan fingerprint density at radius 1 is 0.833 bits per heavy atom. The molecule has 3 atom stereocenters. The van der Waals surface area contributed by atoms with Crippen LogP contribution in [0.2, 0.25) is 0 Å². The first-order valence-corrected chi connectivity index (χ1v) is 7.17. The van der Waals surface area contributed by atoms with Crippen molar-refractivity contribution in [3.05, 3.63) is 0 Å². The molecule has 9 nitrogen and oxygen atoms in total. The molecule has 0 aromatic carbocycles. The van der Waals surface area contributed by atoms with Crippen LogP contribution in [-0.4, -0.2) is 71.0 Å². The number of carbonyl (C=O) groups is 3. The molecule has 0 fully saturated rings. The second-order valence-corrected chi connectivity index (χ2v) is 4.41. The molecule has 0 unspecified atom stereocenters. The summed E-state index contributed by atoms with van der Waals surface area (Å²) in [5.41, 5.74) is 14.9. The van der Waals surface area contributed by atoms with Crippen molar-refractivity contribution in [2.45, 2.75) is 18.1 Å². The number of alkyl halides is 3. The Morgan fingerprint density at radius 3 is 1.12 bits per heavy atom. The number of esters is 1. The number of carboxylic acids is 2. The van der Waals surface area contributed by atoms with Gasteiger partial charge in [-0.1, -0.05) is 0 Å². The van der Waals surface area contributed by atoms with Crippen LogP contribution in [-0.2, 0) is 19.1 Å². The number of carboxylic acid groups (broad SMARTS) is 2. The first-order chi connectivity index (χ1) is 10.1. The summed E-state index contributed by atoms with van der Waals surface area (Å²) in [4.78, 5) is 29.8. The number of nitrogens with two attached hydrogens (primary N) is 3. The van der Waals surface area contributed by atoms with E-state index < -0.39 is 36.0 Å². The van der Waals surface area contributed by atoms with E-state index in [2.05, 4.69) is 4.74 Å². The zero-order valence-corrected chi connectivity index (χ0v) is 16.5. The van der Waals surface area contributed by atoms with Gasteiger partial charge in [-0.15, -0.1) is 59.6 Å². The van der Waals surface area contributed by atoms with E-state index in [-0.39, 0.29) is 42.5 Å². The maximum atomic E-state index is 10.3. The molecule has 14 heteroatoms. The van der Waals surface area contributed by atoms with Crippen LogP contribution < -0.4 is 17.2 Å². The van der Waals surface area contributed by atoms with Crippen molar-refractivity contribution >= 4 is 77.5 Å². The summed E-state index contributed by atoms with van der Waals surface area (Å²) in [5.74, 6) is -2.55. The summed E-state index contributed by atoms with van der Waals surface area (Å²) < 4.78 is 4.25. The molecule has 0 bridgehead atoms. The summed E-state index contributed by atoms with van der Waals surface area (Å²) in [7, 11) is 1.27. The van der Waals surface area contributed by atoms with Crippen LogP contribution in [0, 0.1) is 0 Å². The molecule has 0 saturated heterocycles. The van der Waals surface area contributed by atoms with Gasteiger partial charge in [0.15, 0.2) is 0 Å². The number of halogens is 5. The highest BCUT2D eigenvalue weighted by Gasteiger charge is 2.10. The molecule has 0 aromatic rings. The zero-order valence-electron chi connectivity index (χ0n) is 12.6. The van der Waals surface area contributed by atoms with E-state index in [0.717, 1.165) is 0 Å². The second-order valence-electron chi connectivity index (χ2n) is 3.48. The van der Waals surface area contributed by atoms with E-state index in [0.29, 0.717) is 0 Å². The van der Waals surface area contributed by atoms with Gasteiger partial charge in [-0.05, 0) is 0 Å². The number of ether oxygens (including phenoxy) is 1. The number of aliphatic carboxylic acids is 2. The standard InChI is InChI=1S/C4H8ClNO2.2C3H6ClNO2.2ClH/c1-8-4(7)3(6)2-5;2*4-1-2(5)3(6)7;;/h3H,2,6H2,1H3;2*2H,1,5H2,(H,6,7);2*1H/t3-;2*2-;;/m000../s1. The first-order valence-electron chi connectivity index (χ1n) is 5.56. The number of hydrogen-bond acceptors (Lipinski definition) is 7. The number of methoxy groups -OCH3 is 1. The van der Waals surface area contributed by atoms with Crippen molar-refractivity contribution in [1.82, 2.24) is 0 Å². The summed E-state index contributed by atoms with van der Waals surface area (Å²) in [6.07, 6.45) is 0. The Hall–Kier alpha value is -0.260.